The van der Waals surface area contributed by atoms with Gasteiger partial charge in [-0.3, -0.25) is 4.79 Å². The number of rotatable bonds is 1. The van der Waals surface area contributed by atoms with Gasteiger partial charge in [0, 0.05) is 0 Å². The lowest BCUT2D eigenvalue weighted by atomic mass is 9.67. The van der Waals surface area contributed by atoms with Crippen LogP contribution < -0.4 is 5.32 Å². The van der Waals surface area contributed by atoms with E-state index in [9.17, 15) is 4.79 Å². The van der Waals surface area contributed by atoms with Crippen molar-refractivity contribution >= 4 is 5.97 Å². The van der Waals surface area contributed by atoms with Crippen molar-refractivity contribution in [1.82, 2.24) is 5.32 Å². The molecule has 0 spiro atoms. The molecule has 1 N–H and O–H groups in total. The largest absolute Gasteiger partial charge is 0.460 e. The van der Waals surface area contributed by atoms with E-state index >= 15 is 0 Å². The molecule has 0 radical (unpaired) electrons. The van der Waals surface area contributed by atoms with Crippen LogP contribution in [0.4, 0.5) is 0 Å². The second kappa shape index (κ2) is 3.23. The van der Waals surface area contributed by atoms with Crippen LogP contribution in [-0.4, -0.2) is 24.7 Å². The van der Waals surface area contributed by atoms with Gasteiger partial charge in [-0.1, -0.05) is 0 Å². The van der Waals surface area contributed by atoms with Gasteiger partial charge in [0.05, 0.1) is 5.92 Å². The van der Waals surface area contributed by atoms with Gasteiger partial charge < -0.3 is 10.1 Å². The summed E-state index contributed by atoms with van der Waals surface area (Å²) in [5, 5.41) is 3.32. The molecular weight excluding hydrogens is 178 g/mol. The van der Waals surface area contributed by atoms with Crippen LogP contribution in [0, 0.1) is 17.8 Å². The molecular formula is C11H19NO2. The first kappa shape index (κ1) is 9.97. The number of hydrogen-bond donors (Lipinski definition) is 1. The van der Waals surface area contributed by atoms with Gasteiger partial charge in [-0.2, -0.15) is 0 Å². The first-order valence-corrected chi connectivity index (χ1v) is 5.41. The Morgan fingerprint density at radius 2 is 2.07 bits per heavy atom. The van der Waals surface area contributed by atoms with Crippen LogP contribution in [0.5, 0.6) is 0 Å². The van der Waals surface area contributed by atoms with E-state index in [1.807, 2.05) is 20.8 Å². The Labute approximate surface area is 85.2 Å². The normalized spacial score (nSPS) is 36.1. The predicted octanol–water partition coefficient (Wildman–Crippen LogP) is 1.18. The van der Waals surface area contributed by atoms with Crippen molar-refractivity contribution in [3.8, 4) is 0 Å². The third kappa shape index (κ3) is 1.78. The van der Waals surface area contributed by atoms with Crippen LogP contribution >= 0.6 is 0 Å². The van der Waals surface area contributed by atoms with Crippen molar-refractivity contribution in [1.29, 1.82) is 0 Å². The van der Waals surface area contributed by atoms with Crippen molar-refractivity contribution in [3.63, 3.8) is 0 Å². The van der Waals surface area contributed by atoms with Gasteiger partial charge in [-0.15, -0.1) is 0 Å². The van der Waals surface area contributed by atoms with Crippen molar-refractivity contribution in [3.05, 3.63) is 0 Å². The maximum Gasteiger partial charge on any atom is 0.309 e. The Balaban J connectivity index is 1.88. The van der Waals surface area contributed by atoms with Crippen molar-refractivity contribution in [2.45, 2.75) is 32.8 Å². The molecule has 0 amide bonds. The van der Waals surface area contributed by atoms with Crippen molar-refractivity contribution in [2.75, 3.05) is 13.1 Å². The third-order valence-corrected chi connectivity index (χ3v) is 3.18. The molecule has 0 unspecified atom stereocenters. The first-order valence-electron chi connectivity index (χ1n) is 5.41. The molecule has 0 aromatic heterocycles. The van der Waals surface area contributed by atoms with E-state index in [1.54, 1.807) is 0 Å². The smallest absolute Gasteiger partial charge is 0.309 e. The summed E-state index contributed by atoms with van der Waals surface area (Å²) in [6.45, 7) is 7.86. The minimum atomic E-state index is -0.339. The number of esters is 1. The van der Waals surface area contributed by atoms with Crippen LogP contribution in [0.1, 0.15) is 27.2 Å². The van der Waals surface area contributed by atoms with Gasteiger partial charge in [0.1, 0.15) is 5.60 Å². The molecule has 1 aliphatic carbocycles. The van der Waals surface area contributed by atoms with Crippen molar-refractivity contribution in [2.24, 2.45) is 17.8 Å². The summed E-state index contributed by atoms with van der Waals surface area (Å²) in [7, 11) is 0. The number of nitrogens with one attached hydrogen (secondary N) is 1. The maximum atomic E-state index is 11.7. The highest BCUT2D eigenvalue weighted by molar-refractivity contribution is 5.74. The summed E-state index contributed by atoms with van der Waals surface area (Å²) in [5.41, 5.74) is -0.339. The van der Waals surface area contributed by atoms with Gasteiger partial charge >= 0.3 is 5.97 Å². The number of hydrogen-bond acceptors (Lipinski definition) is 3. The second-order valence-electron chi connectivity index (χ2n) is 5.46. The summed E-state index contributed by atoms with van der Waals surface area (Å²) >= 11 is 0. The number of ether oxygens (including phenoxy) is 1. The van der Waals surface area contributed by atoms with E-state index in [0.29, 0.717) is 5.92 Å². The van der Waals surface area contributed by atoms with E-state index in [2.05, 4.69) is 5.32 Å². The van der Waals surface area contributed by atoms with Crippen LogP contribution in [0.2, 0.25) is 0 Å². The third-order valence-electron chi connectivity index (χ3n) is 3.18. The molecule has 0 bridgehead atoms. The molecule has 3 nitrogen and oxygen atoms in total. The van der Waals surface area contributed by atoms with Gasteiger partial charge in [-0.05, 0) is 52.1 Å². The lowest BCUT2D eigenvalue weighted by molar-refractivity contribution is -0.167. The molecule has 3 heteroatoms. The number of fused-ring (bicyclic) bond motifs is 1. The zero-order chi connectivity index (χ0) is 10.3. The maximum absolute atomic E-state index is 11.7. The fourth-order valence-corrected chi connectivity index (χ4v) is 2.44. The van der Waals surface area contributed by atoms with Gasteiger partial charge in [0.25, 0.3) is 0 Å². The number of carbonyl (C=O) groups excluding carboxylic acids is 1. The summed E-state index contributed by atoms with van der Waals surface area (Å²) in [4.78, 5) is 11.7. The first-order chi connectivity index (χ1) is 6.47. The quantitative estimate of drug-likeness (QED) is 0.642. The van der Waals surface area contributed by atoms with E-state index in [0.717, 1.165) is 25.4 Å². The molecule has 2 rings (SSSR count). The molecule has 2 fully saturated rings. The number of carbonyl (C=O) groups is 1. The molecule has 1 heterocycles. The molecule has 1 saturated heterocycles. The standard InChI is InChI=1S/C11H19NO2/c1-11(2,3)14-10(13)8-4-7-5-12-6-9(7)8/h7-9,12H,4-6H2,1-3H3/t7-,8-,9+/m0/s1. The Bertz CT molecular complexity index is 244. The second-order valence-corrected chi connectivity index (χ2v) is 5.46. The van der Waals surface area contributed by atoms with Crippen LogP contribution in [0.15, 0.2) is 0 Å². The summed E-state index contributed by atoms with van der Waals surface area (Å²) < 4.78 is 5.38. The molecule has 14 heavy (non-hydrogen) atoms. The molecule has 0 aromatic rings. The monoisotopic (exact) mass is 197 g/mol. The van der Waals surface area contributed by atoms with E-state index in [1.165, 1.54) is 0 Å². The molecule has 0 aromatic carbocycles. The fraction of sp³-hybridized carbons (Fsp3) is 0.909. The average Bonchev–Trinajstić information content (AvgIpc) is 2.28. The summed E-state index contributed by atoms with van der Waals surface area (Å²) in [6, 6.07) is 0. The van der Waals surface area contributed by atoms with Gasteiger partial charge in [0.15, 0.2) is 0 Å². The molecule has 2 aliphatic rings. The van der Waals surface area contributed by atoms with Gasteiger partial charge in [0.2, 0.25) is 0 Å². The Morgan fingerprint density at radius 3 is 2.64 bits per heavy atom. The average molecular weight is 197 g/mol. The highest BCUT2D eigenvalue weighted by Gasteiger charge is 2.48. The molecule has 80 valence electrons. The van der Waals surface area contributed by atoms with Crippen LogP contribution in [0.25, 0.3) is 0 Å². The minimum Gasteiger partial charge on any atom is -0.460 e. The SMILES string of the molecule is CC(C)(C)OC(=O)[C@H]1C[C@H]2CNC[C@H]21. The molecule has 1 saturated carbocycles. The molecule has 1 aliphatic heterocycles. The molecule has 3 atom stereocenters. The van der Waals surface area contributed by atoms with E-state index in [4.69, 9.17) is 4.74 Å². The lowest BCUT2D eigenvalue weighted by Gasteiger charge is -2.39. The Hall–Kier alpha value is -0.570. The minimum absolute atomic E-state index is 0.00227. The van der Waals surface area contributed by atoms with Crippen LogP contribution in [-0.2, 0) is 9.53 Å². The fourth-order valence-electron chi connectivity index (χ4n) is 2.44. The van der Waals surface area contributed by atoms with E-state index in [-0.39, 0.29) is 17.5 Å². The topological polar surface area (TPSA) is 38.3 Å². The van der Waals surface area contributed by atoms with Gasteiger partial charge in [-0.25, -0.2) is 0 Å². The highest BCUT2D eigenvalue weighted by Crippen LogP contribution is 2.43. The summed E-state index contributed by atoms with van der Waals surface area (Å²) in [6.07, 6.45) is 1.02. The zero-order valence-corrected chi connectivity index (χ0v) is 9.17. The van der Waals surface area contributed by atoms with E-state index < -0.39 is 0 Å². The summed E-state index contributed by atoms with van der Waals surface area (Å²) in [5.74, 6) is 1.44. The lowest BCUT2D eigenvalue weighted by Crippen LogP contribution is -2.43. The zero-order valence-electron chi connectivity index (χ0n) is 9.17. The Kier molecular flexibility index (Phi) is 2.30. The predicted molar refractivity (Wildman–Crippen MR) is 53.8 cm³/mol. The van der Waals surface area contributed by atoms with Crippen molar-refractivity contribution < 1.29 is 9.53 Å². The Morgan fingerprint density at radius 1 is 1.36 bits per heavy atom. The van der Waals surface area contributed by atoms with Crippen LogP contribution in [0.3, 0.4) is 0 Å². The highest BCUT2D eigenvalue weighted by atomic mass is 16.6.